The van der Waals surface area contributed by atoms with Crippen molar-refractivity contribution in [1.29, 1.82) is 0 Å². The number of carbonyl (C=O) groups excluding carboxylic acids is 1. The van der Waals surface area contributed by atoms with Crippen LogP contribution in [-0.2, 0) is 4.79 Å². The largest absolute Gasteiger partial charge is 0.383 e. The summed E-state index contributed by atoms with van der Waals surface area (Å²) < 4.78 is 0. The quantitative estimate of drug-likeness (QED) is 0.0990. The predicted molar refractivity (Wildman–Crippen MR) is 117 cm³/mol. The number of hydrogen-bond acceptors (Lipinski definition) is 5. The van der Waals surface area contributed by atoms with Crippen LogP contribution in [0.3, 0.4) is 0 Å². The highest BCUT2D eigenvalue weighted by atomic mass is 127. The predicted octanol–water partition coefficient (Wildman–Crippen LogP) is 1.71. The topological polar surface area (TPSA) is 121 Å². The first-order valence-corrected chi connectivity index (χ1v) is 8.88. The van der Waals surface area contributed by atoms with Crippen molar-refractivity contribution >= 4 is 47.2 Å². The highest BCUT2D eigenvalue weighted by Crippen LogP contribution is 2.28. The number of nitrogens with zero attached hydrogens (tertiary/aromatic N) is 2. The minimum atomic E-state index is -0.421. The van der Waals surface area contributed by atoms with E-state index in [0.29, 0.717) is 32.1 Å². The molecule has 0 aliphatic heterocycles. The first kappa shape index (κ1) is 22.9. The van der Waals surface area contributed by atoms with E-state index in [0.717, 1.165) is 25.1 Å². The van der Waals surface area contributed by atoms with Gasteiger partial charge in [0.1, 0.15) is 0 Å². The van der Waals surface area contributed by atoms with Gasteiger partial charge in [0.25, 0.3) is 5.69 Å². The van der Waals surface area contributed by atoms with Crippen molar-refractivity contribution in [3.05, 3.63) is 34.4 Å². The van der Waals surface area contributed by atoms with Crippen LogP contribution >= 0.6 is 24.0 Å². The van der Waals surface area contributed by atoms with E-state index in [1.165, 1.54) is 12.1 Å². The molecule has 1 amide bonds. The van der Waals surface area contributed by atoms with E-state index in [2.05, 4.69) is 26.3 Å². The average Bonchev–Trinajstić information content (AvgIpc) is 3.47. The monoisotopic (exact) mass is 490 g/mol. The first-order chi connectivity index (χ1) is 12.6. The molecule has 0 aromatic heterocycles. The molecule has 0 radical (unpaired) electrons. The second-order valence-electron chi connectivity index (χ2n) is 5.98. The molecule has 1 saturated carbocycles. The van der Waals surface area contributed by atoms with Gasteiger partial charge in [-0.25, -0.2) is 0 Å². The lowest BCUT2D eigenvalue weighted by atomic mass is 10.3. The molecular weight excluding hydrogens is 463 g/mol. The zero-order valence-corrected chi connectivity index (χ0v) is 17.7. The Labute approximate surface area is 175 Å². The Morgan fingerprint density at radius 1 is 1.15 bits per heavy atom. The van der Waals surface area contributed by atoms with Crippen molar-refractivity contribution in [2.24, 2.45) is 10.9 Å². The van der Waals surface area contributed by atoms with Gasteiger partial charge in [-0.2, -0.15) is 0 Å². The van der Waals surface area contributed by atoms with E-state index in [-0.39, 0.29) is 41.5 Å². The van der Waals surface area contributed by atoms with Gasteiger partial charge >= 0.3 is 0 Å². The zero-order chi connectivity index (χ0) is 18.8. The fourth-order valence-corrected chi connectivity index (χ4v) is 2.27. The maximum atomic E-state index is 11.5. The Balaban J connectivity index is 0.00000364. The Morgan fingerprint density at radius 2 is 1.81 bits per heavy atom. The molecule has 9 nitrogen and oxygen atoms in total. The second-order valence-corrected chi connectivity index (χ2v) is 5.98. The number of aliphatic imine (C=N–C) groups is 1. The summed E-state index contributed by atoms with van der Waals surface area (Å²) in [4.78, 5) is 26.2. The molecule has 1 aromatic carbocycles. The Kier molecular flexibility index (Phi) is 10.5. The number of non-ortho nitro benzene ring substituents is 1. The molecule has 2 rings (SSSR count). The van der Waals surface area contributed by atoms with Gasteiger partial charge in [0, 0.05) is 49.9 Å². The zero-order valence-electron chi connectivity index (χ0n) is 15.4. The molecule has 10 heteroatoms. The molecule has 1 aliphatic rings. The fourth-order valence-electron chi connectivity index (χ4n) is 2.27. The lowest BCUT2D eigenvalue weighted by molar-refractivity contribution is -0.384. The summed E-state index contributed by atoms with van der Waals surface area (Å²) in [6.07, 6.45) is 2.01. The molecule has 27 heavy (non-hydrogen) atoms. The smallest absolute Gasteiger partial charge is 0.269 e. The van der Waals surface area contributed by atoms with Crippen molar-refractivity contribution in [2.45, 2.75) is 19.8 Å². The molecule has 0 saturated heterocycles. The number of rotatable bonds is 10. The van der Waals surface area contributed by atoms with E-state index >= 15 is 0 Å². The number of benzene rings is 1. The maximum Gasteiger partial charge on any atom is 0.269 e. The molecule has 1 fully saturated rings. The van der Waals surface area contributed by atoms with E-state index < -0.39 is 4.92 Å². The number of halogens is 1. The number of hydrogen-bond donors (Lipinski definition) is 4. The van der Waals surface area contributed by atoms with Crippen LogP contribution in [0.4, 0.5) is 11.4 Å². The summed E-state index contributed by atoms with van der Waals surface area (Å²) in [7, 11) is 0. The molecule has 1 aromatic rings. The lowest BCUT2D eigenvalue weighted by Gasteiger charge is -2.12. The third kappa shape index (κ3) is 8.89. The number of guanidine groups is 1. The summed E-state index contributed by atoms with van der Waals surface area (Å²) in [5.74, 6) is 1.06. The highest BCUT2D eigenvalue weighted by molar-refractivity contribution is 14.0. The summed E-state index contributed by atoms with van der Waals surface area (Å²) in [6.45, 7) is 5.06. The second kappa shape index (κ2) is 12.3. The van der Waals surface area contributed by atoms with Crippen LogP contribution in [0.25, 0.3) is 0 Å². The SMILES string of the molecule is CCNC(=NCCNc1ccc([N+](=O)[O-])cc1)NCCNC(=O)C1CC1.I. The minimum Gasteiger partial charge on any atom is -0.383 e. The van der Waals surface area contributed by atoms with Crippen LogP contribution in [0.2, 0.25) is 0 Å². The third-order valence-corrected chi connectivity index (χ3v) is 3.80. The summed E-state index contributed by atoms with van der Waals surface area (Å²) in [5, 5.41) is 23.0. The standard InChI is InChI=1S/C17H26N6O3.HI/c1-2-18-17(22-12-10-20-16(24)13-3-4-13)21-11-9-19-14-5-7-15(8-6-14)23(25)26;/h5-8,13,19H,2-4,9-12H2,1H3,(H,20,24)(H2,18,21,22);1H. The average molecular weight is 490 g/mol. The van der Waals surface area contributed by atoms with Crippen molar-refractivity contribution in [2.75, 3.05) is 38.0 Å². The van der Waals surface area contributed by atoms with Crippen LogP contribution in [-0.4, -0.2) is 49.5 Å². The van der Waals surface area contributed by atoms with Crippen molar-refractivity contribution in [1.82, 2.24) is 16.0 Å². The molecule has 1 aliphatic carbocycles. The summed E-state index contributed by atoms with van der Waals surface area (Å²) in [5.41, 5.74) is 0.882. The van der Waals surface area contributed by atoms with Gasteiger partial charge in [0.2, 0.25) is 5.91 Å². The maximum absolute atomic E-state index is 11.5. The molecule has 0 unspecified atom stereocenters. The van der Waals surface area contributed by atoms with E-state index in [9.17, 15) is 14.9 Å². The van der Waals surface area contributed by atoms with E-state index in [1.807, 2.05) is 6.92 Å². The molecule has 0 heterocycles. The summed E-state index contributed by atoms with van der Waals surface area (Å²) >= 11 is 0. The molecule has 0 atom stereocenters. The van der Waals surface area contributed by atoms with Gasteiger partial charge in [-0.1, -0.05) is 0 Å². The Morgan fingerprint density at radius 3 is 2.41 bits per heavy atom. The van der Waals surface area contributed by atoms with E-state index in [4.69, 9.17) is 0 Å². The van der Waals surface area contributed by atoms with Gasteiger partial charge < -0.3 is 21.3 Å². The van der Waals surface area contributed by atoms with Crippen LogP contribution in [0.15, 0.2) is 29.3 Å². The molecule has 0 spiro atoms. The number of carbonyl (C=O) groups is 1. The highest BCUT2D eigenvalue weighted by Gasteiger charge is 2.28. The number of amides is 1. The van der Waals surface area contributed by atoms with Gasteiger partial charge in [-0.3, -0.25) is 19.9 Å². The third-order valence-electron chi connectivity index (χ3n) is 3.80. The Hall–Kier alpha value is -2.11. The van der Waals surface area contributed by atoms with Gasteiger partial charge in [0.05, 0.1) is 11.5 Å². The van der Waals surface area contributed by atoms with Crippen molar-refractivity contribution in [3.8, 4) is 0 Å². The summed E-state index contributed by atoms with van der Waals surface area (Å²) in [6, 6.07) is 6.28. The van der Waals surface area contributed by atoms with Crippen molar-refractivity contribution in [3.63, 3.8) is 0 Å². The molecule has 4 N–H and O–H groups in total. The normalized spacial score (nSPS) is 13.3. The number of nitrogens with one attached hydrogen (secondary N) is 4. The van der Waals surface area contributed by atoms with Crippen molar-refractivity contribution < 1.29 is 9.72 Å². The van der Waals surface area contributed by atoms with Crippen LogP contribution in [0.1, 0.15) is 19.8 Å². The molecular formula is C17H27IN6O3. The fraction of sp³-hybridized carbons (Fsp3) is 0.529. The van der Waals surface area contributed by atoms with Gasteiger partial charge in [-0.05, 0) is 31.9 Å². The van der Waals surface area contributed by atoms with Crippen LogP contribution < -0.4 is 21.3 Å². The molecule has 0 bridgehead atoms. The van der Waals surface area contributed by atoms with E-state index in [1.54, 1.807) is 12.1 Å². The minimum absolute atomic E-state index is 0. The number of nitro groups is 1. The van der Waals surface area contributed by atoms with Gasteiger partial charge in [0.15, 0.2) is 5.96 Å². The Bertz CT molecular complexity index is 634. The molecule has 150 valence electrons. The lowest BCUT2D eigenvalue weighted by Crippen LogP contribution is -2.42. The first-order valence-electron chi connectivity index (χ1n) is 8.88. The number of nitro benzene ring substituents is 1. The number of anilines is 1. The van der Waals surface area contributed by atoms with Crippen LogP contribution in [0.5, 0.6) is 0 Å². The van der Waals surface area contributed by atoms with Crippen LogP contribution in [0, 0.1) is 16.0 Å². The van der Waals surface area contributed by atoms with Gasteiger partial charge in [-0.15, -0.1) is 24.0 Å².